The summed E-state index contributed by atoms with van der Waals surface area (Å²) in [6, 6.07) is 0.902. The Kier molecular flexibility index (Phi) is 3.23. The number of hydrogen-bond donors (Lipinski definition) is 0. The van der Waals surface area contributed by atoms with Gasteiger partial charge in [-0.05, 0) is 31.0 Å². The summed E-state index contributed by atoms with van der Waals surface area (Å²) in [6.07, 6.45) is 4.82. The highest BCUT2D eigenvalue weighted by molar-refractivity contribution is 6.74. The fourth-order valence-corrected chi connectivity index (χ4v) is 3.52. The maximum atomic E-state index is 6.38. The Bertz CT molecular complexity index is 249. The predicted octanol–water partition coefficient (Wildman–Crippen LogP) is 3.24. The molecule has 2 aliphatic rings. The summed E-state index contributed by atoms with van der Waals surface area (Å²) in [6.45, 7) is 14.1. The normalized spacial score (nSPS) is 25.3. The minimum absolute atomic E-state index is 0.351. The van der Waals surface area contributed by atoms with Crippen molar-refractivity contribution < 1.29 is 4.43 Å². The van der Waals surface area contributed by atoms with Crippen molar-refractivity contribution >= 4 is 8.32 Å². The number of nitrogens with zero attached hydrogens (tertiary/aromatic N) is 1. The van der Waals surface area contributed by atoms with Crippen LogP contribution in [0, 0.1) is 0 Å². The fraction of sp³-hybridized carbons (Fsp3) is 1.00. The van der Waals surface area contributed by atoms with Gasteiger partial charge in [0.1, 0.15) is 0 Å². The molecule has 1 aliphatic heterocycles. The molecule has 2 fully saturated rings. The van der Waals surface area contributed by atoms with Crippen molar-refractivity contribution in [2.75, 3.05) is 13.1 Å². The third-order valence-electron chi connectivity index (χ3n) is 4.73. The van der Waals surface area contributed by atoms with Gasteiger partial charge in [-0.2, -0.15) is 0 Å². The van der Waals surface area contributed by atoms with Gasteiger partial charge in [-0.3, -0.25) is 4.90 Å². The molecule has 16 heavy (non-hydrogen) atoms. The largest absolute Gasteiger partial charge is 0.411 e. The lowest BCUT2D eigenvalue weighted by molar-refractivity contribution is -0.0371. The quantitative estimate of drug-likeness (QED) is 0.703. The van der Waals surface area contributed by atoms with E-state index in [2.05, 4.69) is 38.8 Å². The van der Waals surface area contributed by atoms with E-state index in [9.17, 15) is 0 Å². The lowest BCUT2D eigenvalue weighted by atomic mass is 9.89. The summed E-state index contributed by atoms with van der Waals surface area (Å²) in [5, 5.41) is 0.351. The van der Waals surface area contributed by atoms with Crippen molar-refractivity contribution in [3.8, 4) is 0 Å². The van der Waals surface area contributed by atoms with E-state index in [4.69, 9.17) is 4.43 Å². The van der Waals surface area contributed by atoms with Gasteiger partial charge >= 0.3 is 0 Å². The van der Waals surface area contributed by atoms with Crippen LogP contribution in [0.15, 0.2) is 0 Å². The van der Waals surface area contributed by atoms with Crippen molar-refractivity contribution in [3.05, 3.63) is 0 Å². The molecule has 2 rings (SSSR count). The van der Waals surface area contributed by atoms with Crippen molar-refractivity contribution in [1.29, 1.82) is 0 Å². The molecular formula is C13H27NOSi. The van der Waals surface area contributed by atoms with Crippen LogP contribution in [0.2, 0.25) is 18.1 Å². The molecule has 1 aliphatic carbocycles. The first-order chi connectivity index (χ1) is 7.29. The van der Waals surface area contributed by atoms with E-state index in [1.807, 2.05) is 0 Å². The average Bonchev–Trinajstić information content (AvgIpc) is 1.93. The summed E-state index contributed by atoms with van der Waals surface area (Å²) in [7, 11) is -1.52. The second-order valence-electron chi connectivity index (χ2n) is 7.04. The monoisotopic (exact) mass is 241 g/mol. The van der Waals surface area contributed by atoms with Crippen LogP contribution in [0.5, 0.6) is 0 Å². The minimum atomic E-state index is -1.52. The summed E-state index contributed by atoms with van der Waals surface area (Å²) >= 11 is 0. The Morgan fingerprint density at radius 1 is 1.12 bits per heavy atom. The van der Waals surface area contributed by atoms with Gasteiger partial charge in [0.05, 0.1) is 6.10 Å². The van der Waals surface area contributed by atoms with E-state index in [1.165, 1.54) is 32.4 Å². The number of likely N-dealkylation sites (tertiary alicyclic amines) is 1. The van der Waals surface area contributed by atoms with Crippen molar-refractivity contribution in [2.24, 2.45) is 0 Å². The molecule has 0 bridgehead atoms. The molecule has 1 heterocycles. The Morgan fingerprint density at radius 3 is 2.06 bits per heavy atom. The lowest BCUT2D eigenvalue weighted by Crippen LogP contribution is -2.61. The fourth-order valence-electron chi connectivity index (χ4n) is 2.19. The molecule has 1 saturated heterocycles. The smallest absolute Gasteiger partial charge is 0.192 e. The van der Waals surface area contributed by atoms with Crippen LogP contribution in [0.1, 0.15) is 40.0 Å². The van der Waals surface area contributed by atoms with Crippen LogP contribution in [0.4, 0.5) is 0 Å². The zero-order valence-electron chi connectivity index (χ0n) is 11.5. The van der Waals surface area contributed by atoms with Crippen LogP contribution in [0.25, 0.3) is 0 Å². The predicted molar refractivity (Wildman–Crippen MR) is 71.3 cm³/mol. The van der Waals surface area contributed by atoms with E-state index in [1.54, 1.807) is 0 Å². The molecule has 1 saturated carbocycles. The van der Waals surface area contributed by atoms with Gasteiger partial charge in [-0.25, -0.2) is 0 Å². The highest BCUT2D eigenvalue weighted by atomic mass is 28.4. The lowest BCUT2D eigenvalue weighted by Gasteiger charge is -2.51. The molecule has 2 nitrogen and oxygen atoms in total. The molecule has 0 unspecified atom stereocenters. The van der Waals surface area contributed by atoms with Crippen LogP contribution in [0.3, 0.4) is 0 Å². The molecule has 0 atom stereocenters. The highest BCUT2D eigenvalue weighted by Crippen LogP contribution is 2.39. The second-order valence-corrected chi connectivity index (χ2v) is 11.8. The Balaban J connectivity index is 1.76. The third-order valence-corrected chi connectivity index (χ3v) is 9.27. The number of rotatable bonds is 3. The van der Waals surface area contributed by atoms with E-state index in [0.29, 0.717) is 11.1 Å². The minimum Gasteiger partial charge on any atom is -0.411 e. The van der Waals surface area contributed by atoms with Crippen LogP contribution in [-0.2, 0) is 4.43 Å². The molecule has 0 aromatic heterocycles. The Labute approximate surface area is 101 Å². The zero-order chi connectivity index (χ0) is 12.0. The van der Waals surface area contributed by atoms with Gasteiger partial charge < -0.3 is 4.43 Å². The molecule has 0 spiro atoms. The highest BCUT2D eigenvalue weighted by Gasteiger charge is 2.43. The van der Waals surface area contributed by atoms with E-state index < -0.39 is 8.32 Å². The summed E-state index contributed by atoms with van der Waals surface area (Å²) in [5.74, 6) is 0. The molecule has 0 aromatic rings. The molecule has 0 amide bonds. The van der Waals surface area contributed by atoms with Gasteiger partial charge in [-0.1, -0.05) is 27.2 Å². The SMILES string of the molecule is CC(C)(C)[Si](C)(C)OC1CN(C2CCC2)C1. The van der Waals surface area contributed by atoms with Crippen LogP contribution >= 0.6 is 0 Å². The summed E-state index contributed by atoms with van der Waals surface area (Å²) < 4.78 is 6.38. The second kappa shape index (κ2) is 4.11. The summed E-state index contributed by atoms with van der Waals surface area (Å²) in [5.41, 5.74) is 0. The first-order valence-electron chi connectivity index (χ1n) is 6.71. The zero-order valence-corrected chi connectivity index (χ0v) is 12.5. The molecule has 0 radical (unpaired) electrons. The van der Waals surface area contributed by atoms with Gasteiger partial charge in [-0.15, -0.1) is 0 Å². The third kappa shape index (κ3) is 2.36. The van der Waals surface area contributed by atoms with Crippen molar-refractivity contribution in [3.63, 3.8) is 0 Å². The first kappa shape index (κ1) is 12.6. The molecule has 0 aromatic carbocycles. The summed E-state index contributed by atoms with van der Waals surface area (Å²) in [4.78, 5) is 2.61. The topological polar surface area (TPSA) is 12.5 Å². The Hall–Kier alpha value is 0.137. The van der Waals surface area contributed by atoms with Gasteiger partial charge in [0.15, 0.2) is 8.32 Å². The Morgan fingerprint density at radius 2 is 1.69 bits per heavy atom. The van der Waals surface area contributed by atoms with Crippen molar-refractivity contribution in [2.45, 2.75) is 70.3 Å². The molecule has 94 valence electrons. The van der Waals surface area contributed by atoms with E-state index >= 15 is 0 Å². The van der Waals surface area contributed by atoms with Gasteiger partial charge in [0, 0.05) is 19.1 Å². The van der Waals surface area contributed by atoms with Crippen LogP contribution < -0.4 is 0 Å². The van der Waals surface area contributed by atoms with Gasteiger partial charge in [0.25, 0.3) is 0 Å². The standard InChI is InChI=1S/C13H27NOSi/c1-13(2,3)16(4,5)15-12-9-14(10-12)11-7-6-8-11/h11-12H,6-10H2,1-5H3. The maximum absolute atomic E-state index is 6.38. The number of hydrogen-bond acceptors (Lipinski definition) is 2. The maximum Gasteiger partial charge on any atom is 0.192 e. The van der Waals surface area contributed by atoms with E-state index in [0.717, 1.165) is 6.04 Å². The first-order valence-corrected chi connectivity index (χ1v) is 9.62. The van der Waals surface area contributed by atoms with Gasteiger partial charge in [0.2, 0.25) is 0 Å². The average molecular weight is 241 g/mol. The van der Waals surface area contributed by atoms with Crippen LogP contribution in [-0.4, -0.2) is 38.5 Å². The molecule has 3 heteroatoms. The van der Waals surface area contributed by atoms with Crippen molar-refractivity contribution in [1.82, 2.24) is 4.90 Å². The molecule has 0 N–H and O–H groups in total. The molecular weight excluding hydrogens is 214 g/mol. The van der Waals surface area contributed by atoms with E-state index in [-0.39, 0.29) is 0 Å².